The van der Waals surface area contributed by atoms with Crippen molar-refractivity contribution in [2.24, 2.45) is 0 Å². The fraction of sp³-hybridized carbons (Fsp3) is 0.333. The van der Waals surface area contributed by atoms with Crippen LogP contribution in [-0.2, 0) is 24.1 Å². The van der Waals surface area contributed by atoms with Crippen LogP contribution in [0.2, 0.25) is 0 Å². The van der Waals surface area contributed by atoms with Crippen LogP contribution in [0, 0.1) is 0 Å². The summed E-state index contributed by atoms with van der Waals surface area (Å²) in [6, 6.07) is 3.63. The highest BCUT2D eigenvalue weighted by molar-refractivity contribution is 7.14. The number of thiazole rings is 1. The Kier molecular flexibility index (Phi) is 4.57. The number of aliphatic hydroxyl groups excluding tert-OH is 1. The van der Waals surface area contributed by atoms with Crippen molar-refractivity contribution >= 4 is 28.7 Å². The highest BCUT2D eigenvalue weighted by atomic mass is 32.1. The van der Waals surface area contributed by atoms with Crippen molar-refractivity contribution in [3.63, 3.8) is 0 Å². The van der Waals surface area contributed by atoms with E-state index in [-0.39, 0.29) is 23.7 Å². The van der Waals surface area contributed by atoms with Gasteiger partial charge in [-0.25, -0.2) is 4.98 Å². The second kappa shape index (κ2) is 6.65. The third-order valence-corrected chi connectivity index (χ3v) is 5.08. The third kappa shape index (κ3) is 3.14. The van der Waals surface area contributed by atoms with Crippen LogP contribution in [0.4, 0.5) is 0 Å². The number of aryl methyl sites for hydroxylation is 2. The minimum atomic E-state index is -0.194. The number of hydrogen-bond donors (Lipinski definition) is 1. The minimum Gasteiger partial charge on any atom is -0.507 e. The number of carbonyl (C=O) groups excluding carboxylic acids is 2. The fourth-order valence-electron chi connectivity index (χ4n) is 2.70. The van der Waals surface area contributed by atoms with Crippen LogP contribution in [0.15, 0.2) is 23.9 Å². The zero-order valence-corrected chi connectivity index (χ0v) is 14.4. The van der Waals surface area contributed by atoms with Gasteiger partial charge in [0.15, 0.2) is 0 Å². The number of Topliss-reactive ketones (excluding diaryl/α,β-unsaturated/α-hetero) is 2. The molecule has 5 nitrogen and oxygen atoms in total. The lowest BCUT2D eigenvalue weighted by atomic mass is 9.93. The molecule has 0 aliphatic heterocycles. The quantitative estimate of drug-likeness (QED) is 0.681. The molecule has 0 atom stereocenters. The molecule has 3 rings (SSSR count). The van der Waals surface area contributed by atoms with E-state index in [9.17, 15) is 14.7 Å². The first-order chi connectivity index (χ1) is 11.5. The summed E-state index contributed by atoms with van der Waals surface area (Å²) in [7, 11) is 0. The summed E-state index contributed by atoms with van der Waals surface area (Å²) in [5.41, 5.74) is 2.61. The van der Waals surface area contributed by atoms with E-state index in [0.717, 1.165) is 17.8 Å². The van der Waals surface area contributed by atoms with Gasteiger partial charge in [-0.1, -0.05) is 6.92 Å². The lowest BCUT2D eigenvalue weighted by Gasteiger charge is -2.14. The van der Waals surface area contributed by atoms with Gasteiger partial charge in [-0.2, -0.15) is 0 Å². The zero-order valence-electron chi connectivity index (χ0n) is 13.6. The number of pyridine rings is 1. The Bertz CT molecular complexity index is 834. The average molecular weight is 342 g/mol. The number of allylic oxidation sites excluding steroid dienone is 1. The summed E-state index contributed by atoms with van der Waals surface area (Å²) in [4.78, 5) is 33.1. The number of rotatable bonds is 4. The Hall–Kier alpha value is -2.34. The van der Waals surface area contributed by atoms with Gasteiger partial charge in [0.2, 0.25) is 5.78 Å². The van der Waals surface area contributed by atoms with Gasteiger partial charge < -0.3 is 5.11 Å². The van der Waals surface area contributed by atoms with Gasteiger partial charge in [-0.3, -0.25) is 14.6 Å². The minimum absolute atomic E-state index is 0.0117. The average Bonchev–Trinajstić information content (AvgIpc) is 2.97. The summed E-state index contributed by atoms with van der Waals surface area (Å²) < 4.78 is 0. The number of aromatic nitrogens is 2. The standard InChI is InChI=1S/C18H18N2O3S/c1-3-12-5-4-11(9-19-12)16(22)13-6-7-14-18(17(13)23)24-15(20-14)8-10(2)21/h4-5,9,22H,3,6-8H2,1-2H3/b16-13-. The Balaban J connectivity index is 1.93. The maximum Gasteiger partial charge on any atom is 0.204 e. The van der Waals surface area contributed by atoms with Crippen LogP contribution >= 0.6 is 11.3 Å². The molecular formula is C18H18N2O3S. The van der Waals surface area contributed by atoms with Gasteiger partial charge in [0.1, 0.15) is 16.6 Å². The molecule has 0 saturated carbocycles. The summed E-state index contributed by atoms with van der Waals surface area (Å²) in [5.74, 6) is -0.183. The van der Waals surface area contributed by atoms with Crippen LogP contribution < -0.4 is 0 Å². The molecule has 2 heterocycles. The summed E-state index contributed by atoms with van der Waals surface area (Å²) in [6.07, 6.45) is 3.70. The maximum absolute atomic E-state index is 12.7. The van der Waals surface area contributed by atoms with Crippen LogP contribution in [-0.4, -0.2) is 26.6 Å². The van der Waals surface area contributed by atoms with Crippen LogP contribution in [0.5, 0.6) is 0 Å². The van der Waals surface area contributed by atoms with Crippen molar-refractivity contribution in [1.29, 1.82) is 0 Å². The molecule has 2 aromatic rings. The van der Waals surface area contributed by atoms with E-state index in [4.69, 9.17) is 0 Å². The number of nitrogens with zero attached hydrogens (tertiary/aromatic N) is 2. The monoisotopic (exact) mass is 342 g/mol. The predicted octanol–water partition coefficient (Wildman–Crippen LogP) is 3.33. The summed E-state index contributed by atoms with van der Waals surface area (Å²) in [5, 5.41) is 11.2. The van der Waals surface area contributed by atoms with Gasteiger partial charge in [0.05, 0.1) is 17.0 Å². The number of fused-ring (bicyclic) bond motifs is 1. The molecule has 0 radical (unpaired) electrons. The van der Waals surface area contributed by atoms with Crippen molar-refractivity contribution in [2.75, 3.05) is 0 Å². The first-order valence-corrected chi connectivity index (χ1v) is 8.71. The van der Waals surface area contributed by atoms with Gasteiger partial charge >= 0.3 is 0 Å². The zero-order chi connectivity index (χ0) is 17.3. The van der Waals surface area contributed by atoms with Crippen molar-refractivity contribution in [3.8, 4) is 0 Å². The number of aliphatic hydroxyl groups is 1. The van der Waals surface area contributed by atoms with Gasteiger partial charge in [0.25, 0.3) is 0 Å². The molecule has 1 aliphatic rings. The second-order valence-corrected chi connectivity index (χ2v) is 6.89. The first kappa shape index (κ1) is 16.5. The van der Waals surface area contributed by atoms with Crippen LogP contribution in [0.25, 0.3) is 5.76 Å². The second-order valence-electron chi connectivity index (χ2n) is 5.81. The number of carbonyl (C=O) groups is 2. The van der Waals surface area contributed by atoms with E-state index in [1.54, 1.807) is 12.3 Å². The van der Waals surface area contributed by atoms with E-state index in [1.165, 1.54) is 18.3 Å². The molecule has 24 heavy (non-hydrogen) atoms. The van der Waals surface area contributed by atoms with Gasteiger partial charge in [-0.15, -0.1) is 11.3 Å². The van der Waals surface area contributed by atoms with Crippen molar-refractivity contribution in [3.05, 3.63) is 50.7 Å². The molecule has 6 heteroatoms. The van der Waals surface area contributed by atoms with E-state index >= 15 is 0 Å². The number of hydrogen-bond acceptors (Lipinski definition) is 6. The molecular weight excluding hydrogens is 324 g/mol. The topological polar surface area (TPSA) is 80.2 Å². The summed E-state index contributed by atoms with van der Waals surface area (Å²) >= 11 is 1.25. The fourth-order valence-corrected chi connectivity index (χ4v) is 3.85. The van der Waals surface area contributed by atoms with Gasteiger partial charge in [-0.05, 0) is 38.3 Å². The van der Waals surface area contributed by atoms with Crippen LogP contribution in [0.1, 0.15) is 51.9 Å². The van der Waals surface area contributed by atoms with E-state index in [1.807, 2.05) is 13.0 Å². The van der Waals surface area contributed by atoms with Crippen molar-refractivity contribution in [2.45, 2.75) is 39.5 Å². The lowest BCUT2D eigenvalue weighted by Crippen LogP contribution is -2.14. The Labute approximate surface area is 144 Å². The normalized spacial score (nSPS) is 16.0. The Morgan fingerprint density at radius 1 is 1.33 bits per heavy atom. The van der Waals surface area contributed by atoms with Crippen LogP contribution in [0.3, 0.4) is 0 Å². The molecule has 0 saturated heterocycles. The molecule has 1 aliphatic carbocycles. The van der Waals surface area contributed by atoms with Crippen molar-refractivity contribution < 1.29 is 14.7 Å². The Morgan fingerprint density at radius 3 is 2.75 bits per heavy atom. The largest absolute Gasteiger partial charge is 0.507 e. The molecule has 2 aromatic heterocycles. The molecule has 0 amide bonds. The third-order valence-electron chi connectivity index (χ3n) is 3.98. The molecule has 0 aromatic carbocycles. The Morgan fingerprint density at radius 2 is 2.12 bits per heavy atom. The number of ketones is 2. The maximum atomic E-state index is 12.7. The van der Waals surface area contributed by atoms with E-state index in [2.05, 4.69) is 9.97 Å². The molecule has 1 N–H and O–H groups in total. The molecule has 124 valence electrons. The first-order valence-electron chi connectivity index (χ1n) is 7.89. The highest BCUT2D eigenvalue weighted by Crippen LogP contribution is 2.33. The lowest BCUT2D eigenvalue weighted by molar-refractivity contribution is -0.116. The molecule has 0 unspecified atom stereocenters. The summed E-state index contributed by atoms with van der Waals surface area (Å²) in [6.45, 7) is 3.52. The molecule has 0 bridgehead atoms. The van der Waals surface area contributed by atoms with E-state index in [0.29, 0.717) is 33.9 Å². The predicted molar refractivity (Wildman–Crippen MR) is 92.3 cm³/mol. The highest BCUT2D eigenvalue weighted by Gasteiger charge is 2.29. The smallest absolute Gasteiger partial charge is 0.204 e. The van der Waals surface area contributed by atoms with Crippen molar-refractivity contribution in [1.82, 2.24) is 9.97 Å². The van der Waals surface area contributed by atoms with E-state index < -0.39 is 0 Å². The SMILES string of the molecule is CCc1ccc(/C(O)=C2\CCc3nc(CC(C)=O)sc3C2=O)cn1. The van der Waals surface area contributed by atoms with Gasteiger partial charge in [0, 0.05) is 23.0 Å². The molecule has 0 fully saturated rings. The molecule has 0 spiro atoms.